The van der Waals surface area contributed by atoms with Gasteiger partial charge < -0.3 is 4.74 Å². The maximum atomic E-state index is 11.1. The maximum absolute atomic E-state index is 11.1. The van der Waals surface area contributed by atoms with Crippen molar-refractivity contribution in [2.24, 2.45) is 0 Å². The first-order chi connectivity index (χ1) is 6.31. The number of nitrogens with zero attached hydrogens (tertiary/aromatic N) is 1. The summed E-state index contributed by atoms with van der Waals surface area (Å²) in [5.41, 5.74) is 0. The Morgan fingerprint density at radius 3 is 3.00 bits per heavy atom. The second kappa shape index (κ2) is 3.46. The zero-order valence-electron chi connectivity index (χ0n) is 7.45. The molecule has 0 aromatic carbocycles. The Morgan fingerprint density at radius 2 is 2.46 bits per heavy atom. The van der Waals surface area contributed by atoms with Gasteiger partial charge in [-0.25, -0.2) is 9.78 Å². The summed E-state index contributed by atoms with van der Waals surface area (Å²) in [4.78, 5) is 15.9. The molecule has 70 valence electrons. The average Bonchev–Trinajstić information content (AvgIpc) is 2.49. The van der Waals surface area contributed by atoms with Crippen LogP contribution in [0.4, 0.5) is 0 Å². The van der Waals surface area contributed by atoms with E-state index in [1.807, 2.05) is 0 Å². The van der Waals surface area contributed by atoms with E-state index in [4.69, 9.17) is 0 Å². The van der Waals surface area contributed by atoms with E-state index >= 15 is 0 Å². The molecule has 0 amide bonds. The van der Waals surface area contributed by atoms with E-state index in [1.54, 1.807) is 6.20 Å². The van der Waals surface area contributed by atoms with Crippen LogP contribution in [0.25, 0.3) is 0 Å². The Hall–Kier alpha value is -0.900. The Morgan fingerprint density at radius 1 is 1.69 bits per heavy atom. The van der Waals surface area contributed by atoms with Crippen LogP contribution in [0.1, 0.15) is 39.9 Å². The lowest BCUT2D eigenvalue weighted by atomic mass is 9.86. The summed E-state index contributed by atoms with van der Waals surface area (Å²) in [5, 5.41) is 1.09. The van der Waals surface area contributed by atoms with Crippen molar-refractivity contribution in [1.82, 2.24) is 4.98 Å². The van der Waals surface area contributed by atoms with Gasteiger partial charge in [0.1, 0.15) is 4.88 Å². The standard InChI is InChI=1S/C9H11NO2S/c1-12-9(11)7-5-10-8(13-7)6-3-2-4-6/h5-6H,2-4H2,1H3. The molecule has 0 radical (unpaired) electrons. The molecule has 3 nitrogen and oxygen atoms in total. The van der Waals surface area contributed by atoms with E-state index in [0.29, 0.717) is 10.8 Å². The van der Waals surface area contributed by atoms with E-state index in [-0.39, 0.29) is 5.97 Å². The van der Waals surface area contributed by atoms with E-state index in [1.165, 1.54) is 37.7 Å². The molecule has 1 fully saturated rings. The Labute approximate surface area is 80.8 Å². The molecule has 1 heterocycles. The number of hydrogen-bond acceptors (Lipinski definition) is 4. The molecule has 1 saturated carbocycles. The third-order valence-corrected chi connectivity index (χ3v) is 3.50. The molecule has 0 spiro atoms. The molecule has 0 atom stereocenters. The zero-order valence-corrected chi connectivity index (χ0v) is 8.26. The summed E-state index contributed by atoms with van der Waals surface area (Å²) in [5.74, 6) is 0.325. The smallest absolute Gasteiger partial charge is 0.349 e. The number of carbonyl (C=O) groups excluding carboxylic acids is 1. The van der Waals surface area contributed by atoms with Crippen LogP contribution in [0.3, 0.4) is 0 Å². The second-order valence-electron chi connectivity index (χ2n) is 3.18. The zero-order chi connectivity index (χ0) is 9.26. The monoisotopic (exact) mass is 197 g/mol. The molecule has 1 aromatic heterocycles. The van der Waals surface area contributed by atoms with Gasteiger partial charge in [0.2, 0.25) is 0 Å². The van der Waals surface area contributed by atoms with Gasteiger partial charge in [-0.1, -0.05) is 6.42 Å². The average molecular weight is 197 g/mol. The van der Waals surface area contributed by atoms with Crippen LogP contribution in [0.5, 0.6) is 0 Å². The SMILES string of the molecule is COC(=O)c1cnc(C2CCC2)s1. The summed E-state index contributed by atoms with van der Waals surface area (Å²) in [6, 6.07) is 0. The summed E-state index contributed by atoms with van der Waals surface area (Å²) >= 11 is 1.46. The lowest BCUT2D eigenvalue weighted by Crippen LogP contribution is -2.07. The van der Waals surface area contributed by atoms with Crippen molar-refractivity contribution in [2.75, 3.05) is 7.11 Å². The maximum Gasteiger partial charge on any atom is 0.349 e. The van der Waals surface area contributed by atoms with Crippen molar-refractivity contribution in [3.8, 4) is 0 Å². The quantitative estimate of drug-likeness (QED) is 0.682. The Balaban J connectivity index is 2.12. The number of hydrogen-bond donors (Lipinski definition) is 0. The highest BCUT2D eigenvalue weighted by Crippen LogP contribution is 2.38. The number of thiazole rings is 1. The number of rotatable bonds is 2. The van der Waals surface area contributed by atoms with Gasteiger partial charge in [-0.15, -0.1) is 11.3 Å². The third kappa shape index (κ3) is 1.58. The molecule has 0 saturated heterocycles. The lowest BCUT2D eigenvalue weighted by molar-refractivity contribution is 0.0606. The number of methoxy groups -OCH3 is 1. The molecule has 0 unspecified atom stereocenters. The Kier molecular flexibility index (Phi) is 2.31. The molecule has 4 heteroatoms. The van der Waals surface area contributed by atoms with Crippen molar-refractivity contribution in [3.05, 3.63) is 16.1 Å². The van der Waals surface area contributed by atoms with Crippen molar-refractivity contribution >= 4 is 17.3 Å². The summed E-state index contributed by atoms with van der Waals surface area (Å²) < 4.78 is 4.61. The van der Waals surface area contributed by atoms with E-state index in [0.717, 1.165) is 5.01 Å². The van der Waals surface area contributed by atoms with Crippen LogP contribution in [-0.4, -0.2) is 18.1 Å². The predicted octanol–water partition coefficient (Wildman–Crippen LogP) is 2.20. The van der Waals surface area contributed by atoms with Crippen LogP contribution in [0, 0.1) is 0 Å². The normalized spacial score (nSPS) is 16.7. The van der Waals surface area contributed by atoms with Crippen molar-refractivity contribution in [3.63, 3.8) is 0 Å². The molecule has 13 heavy (non-hydrogen) atoms. The fraction of sp³-hybridized carbons (Fsp3) is 0.556. The minimum absolute atomic E-state index is 0.275. The van der Waals surface area contributed by atoms with Gasteiger partial charge in [-0.2, -0.15) is 0 Å². The summed E-state index contributed by atoms with van der Waals surface area (Å²) in [7, 11) is 1.39. The van der Waals surface area contributed by atoms with Gasteiger partial charge in [-0.3, -0.25) is 0 Å². The fourth-order valence-electron chi connectivity index (χ4n) is 1.33. The van der Waals surface area contributed by atoms with Gasteiger partial charge >= 0.3 is 5.97 Å². The number of aromatic nitrogens is 1. The third-order valence-electron chi connectivity index (χ3n) is 2.36. The summed E-state index contributed by atoms with van der Waals surface area (Å²) in [6.45, 7) is 0. The van der Waals surface area contributed by atoms with Gasteiger partial charge in [0.25, 0.3) is 0 Å². The van der Waals surface area contributed by atoms with E-state index in [9.17, 15) is 4.79 Å². The van der Waals surface area contributed by atoms with E-state index in [2.05, 4.69) is 9.72 Å². The van der Waals surface area contributed by atoms with Crippen LogP contribution in [0.2, 0.25) is 0 Å². The highest BCUT2D eigenvalue weighted by molar-refractivity contribution is 7.13. The minimum atomic E-state index is -0.275. The molecule has 2 rings (SSSR count). The first-order valence-corrected chi connectivity index (χ1v) is 5.17. The summed E-state index contributed by atoms with van der Waals surface area (Å²) in [6.07, 6.45) is 5.34. The molecule has 0 N–H and O–H groups in total. The van der Waals surface area contributed by atoms with E-state index < -0.39 is 0 Å². The van der Waals surface area contributed by atoms with Crippen LogP contribution in [-0.2, 0) is 4.74 Å². The second-order valence-corrected chi connectivity index (χ2v) is 4.24. The molecular weight excluding hydrogens is 186 g/mol. The van der Waals surface area contributed by atoms with Gasteiger partial charge in [-0.05, 0) is 12.8 Å². The molecule has 1 aromatic rings. The van der Waals surface area contributed by atoms with Gasteiger partial charge in [0.05, 0.1) is 18.3 Å². The molecule has 0 aliphatic heterocycles. The lowest BCUT2D eigenvalue weighted by Gasteiger charge is -2.22. The van der Waals surface area contributed by atoms with Crippen LogP contribution >= 0.6 is 11.3 Å². The van der Waals surface area contributed by atoms with Crippen molar-refractivity contribution in [1.29, 1.82) is 0 Å². The first-order valence-electron chi connectivity index (χ1n) is 4.35. The minimum Gasteiger partial charge on any atom is -0.465 e. The first kappa shape index (κ1) is 8.69. The van der Waals surface area contributed by atoms with Crippen molar-refractivity contribution < 1.29 is 9.53 Å². The fourth-order valence-corrected chi connectivity index (χ4v) is 2.33. The topological polar surface area (TPSA) is 39.2 Å². The highest BCUT2D eigenvalue weighted by Gasteiger charge is 2.23. The molecule has 1 aliphatic rings. The van der Waals surface area contributed by atoms with Gasteiger partial charge in [0.15, 0.2) is 0 Å². The number of esters is 1. The van der Waals surface area contributed by atoms with Crippen molar-refractivity contribution in [2.45, 2.75) is 25.2 Å². The molecular formula is C9H11NO2S. The molecule has 1 aliphatic carbocycles. The largest absolute Gasteiger partial charge is 0.465 e. The predicted molar refractivity (Wildman–Crippen MR) is 50.0 cm³/mol. The van der Waals surface area contributed by atoms with Gasteiger partial charge in [0, 0.05) is 5.92 Å². The number of carbonyl (C=O) groups is 1. The highest BCUT2D eigenvalue weighted by atomic mass is 32.1. The van der Waals surface area contributed by atoms with Crippen LogP contribution < -0.4 is 0 Å². The Bertz CT molecular complexity index is 317. The molecule has 0 bridgehead atoms. The van der Waals surface area contributed by atoms with Crippen LogP contribution in [0.15, 0.2) is 6.20 Å². The number of ether oxygens (including phenoxy) is 1.